The monoisotopic (exact) mass is 214 g/mol. The van der Waals surface area contributed by atoms with Crippen molar-refractivity contribution in [2.45, 2.75) is 23.8 Å². The number of fused-ring (bicyclic) bond motifs is 1. The van der Waals surface area contributed by atoms with Gasteiger partial charge in [0.05, 0.1) is 4.75 Å². The Labute approximate surface area is 95.1 Å². The highest BCUT2D eigenvalue weighted by atomic mass is 32.2. The maximum atomic E-state index is 2.35. The van der Waals surface area contributed by atoms with Crippen LogP contribution in [0.3, 0.4) is 0 Å². The summed E-state index contributed by atoms with van der Waals surface area (Å²) in [7, 11) is 0. The van der Waals surface area contributed by atoms with Crippen molar-refractivity contribution in [3.8, 4) is 0 Å². The van der Waals surface area contributed by atoms with E-state index in [9.17, 15) is 0 Å². The second-order valence-corrected chi connectivity index (χ2v) is 5.74. The lowest BCUT2D eigenvalue weighted by molar-refractivity contribution is 0.890. The van der Waals surface area contributed by atoms with Crippen molar-refractivity contribution in [1.82, 2.24) is 0 Å². The smallest absolute Gasteiger partial charge is 0.0754 e. The number of allylic oxidation sites excluding steroid dienone is 2. The van der Waals surface area contributed by atoms with Crippen molar-refractivity contribution in [1.29, 1.82) is 0 Å². The predicted octanol–water partition coefficient (Wildman–Crippen LogP) is 3.74. The molecular formula is C14H14S. The van der Waals surface area contributed by atoms with Crippen LogP contribution in [0, 0.1) is 13.8 Å². The van der Waals surface area contributed by atoms with Crippen LogP contribution in [0.2, 0.25) is 0 Å². The third-order valence-electron chi connectivity index (χ3n) is 3.45. The van der Waals surface area contributed by atoms with Gasteiger partial charge < -0.3 is 0 Å². The largest absolute Gasteiger partial charge is 0.135 e. The van der Waals surface area contributed by atoms with E-state index in [0.717, 1.165) is 0 Å². The van der Waals surface area contributed by atoms with Gasteiger partial charge in [-0.05, 0) is 30.5 Å². The molecule has 76 valence electrons. The van der Waals surface area contributed by atoms with E-state index in [-0.39, 0.29) is 4.75 Å². The van der Waals surface area contributed by atoms with Gasteiger partial charge in [-0.1, -0.05) is 42.5 Å². The van der Waals surface area contributed by atoms with Gasteiger partial charge >= 0.3 is 0 Å². The summed E-state index contributed by atoms with van der Waals surface area (Å²) in [6.07, 6.45) is 9.00. The van der Waals surface area contributed by atoms with Crippen molar-refractivity contribution in [3.63, 3.8) is 0 Å². The van der Waals surface area contributed by atoms with Crippen LogP contribution in [-0.2, 0) is 4.75 Å². The van der Waals surface area contributed by atoms with E-state index in [2.05, 4.69) is 56.4 Å². The van der Waals surface area contributed by atoms with E-state index < -0.39 is 0 Å². The van der Waals surface area contributed by atoms with Crippen molar-refractivity contribution in [2.75, 3.05) is 0 Å². The zero-order chi connectivity index (χ0) is 10.5. The van der Waals surface area contributed by atoms with Crippen LogP contribution in [0.4, 0.5) is 0 Å². The molecule has 15 heavy (non-hydrogen) atoms. The van der Waals surface area contributed by atoms with E-state index in [1.165, 1.54) is 16.7 Å². The average molecular weight is 214 g/mol. The highest BCUT2D eigenvalue weighted by molar-refractivity contribution is 8.08. The SMILES string of the molecule is Cc1cccc(C23C=CC=CC2S3)c1C. The van der Waals surface area contributed by atoms with Crippen LogP contribution in [0.25, 0.3) is 0 Å². The first-order chi connectivity index (χ1) is 7.24. The molecule has 0 amide bonds. The number of rotatable bonds is 1. The summed E-state index contributed by atoms with van der Waals surface area (Å²) in [6.45, 7) is 4.43. The minimum atomic E-state index is 0.269. The Morgan fingerprint density at radius 3 is 2.87 bits per heavy atom. The zero-order valence-electron chi connectivity index (χ0n) is 9.03. The lowest BCUT2D eigenvalue weighted by Gasteiger charge is -2.16. The third-order valence-corrected chi connectivity index (χ3v) is 4.98. The van der Waals surface area contributed by atoms with E-state index in [1.54, 1.807) is 0 Å². The van der Waals surface area contributed by atoms with Gasteiger partial charge in [0.2, 0.25) is 0 Å². The average Bonchev–Trinajstić information content (AvgIpc) is 2.97. The Morgan fingerprint density at radius 1 is 1.20 bits per heavy atom. The normalized spacial score (nSPS) is 31.5. The summed E-state index contributed by atoms with van der Waals surface area (Å²) in [6, 6.07) is 6.65. The van der Waals surface area contributed by atoms with Crippen LogP contribution in [0.5, 0.6) is 0 Å². The van der Waals surface area contributed by atoms with Gasteiger partial charge in [-0.3, -0.25) is 0 Å². The molecule has 2 atom stereocenters. The van der Waals surface area contributed by atoms with E-state index >= 15 is 0 Å². The first-order valence-electron chi connectivity index (χ1n) is 5.34. The quantitative estimate of drug-likeness (QED) is 0.642. The standard InChI is InChI=1S/C14H14S/c1-10-6-5-7-12(11(10)2)14-9-4-3-8-13(14)15-14/h3-9,13H,1-2H3. The van der Waals surface area contributed by atoms with Gasteiger partial charge in [0.15, 0.2) is 0 Å². The minimum absolute atomic E-state index is 0.269. The van der Waals surface area contributed by atoms with Crippen molar-refractivity contribution in [3.05, 3.63) is 59.2 Å². The molecule has 1 aromatic carbocycles. The molecule has 2 unspecified atom stereocenters. The Kier molecular flexibility index (Phi) is 1.87. The summed E-state index contributed by atoms with van der Waals surface area (Å²) >= 11 is 2.05. The summed E-state index contributed by atoms with van der Waals surface area (Å²) in [4.78, 5) is 0. The van der Waals surface area contributed by atoms with Gasteiger partial charge in [0, 0.05) is 5.25 Å². The number of thioether (sulfide) groups is 1. The molecular weight excluding hydrogens is 200 g/mol. The first-order valence-corrected chi connectivity index (χ1v) is 6.22. The molecule has 1 heteroatoms. The fourth-order valence-corrected chi connectivity index (χ4v) is 3.65. The molecule has 0 bridgehead atoms. The molecule has 0 radical (unpaired) electrons. The molecule has 1 heterocycles. The molecule has 1 saturated heterocycles. The van der Waals surface area contributed by atoms with Crippen molar-refractivity contribution >= 4 is 11.8 Å². The van der Waals surface area contributed by atoms with Crippen LogP contribution >= 0.6 is 11.8 Å². The lowest BCUT2D eigenvalue weighted by atomic mass is 9.88. The first kappa shape index (κ1) is 9.29. The Balaban J connectivity index is 2.12. The van der Waals surface area contributed by atoms with E-state index in [0.29, 0.717) is 5.25 Å². The zero-order valence-corrected chi connectivity index (χ0v) is 9.84. The molecule has 1 aromatic rings. The number of hydrogen-bond acceptors (Lipinski definition) is 1. The van der Waals surface area contributed by atoms with Crippen LogP contribution in [0.1, 0.15) is 16.7 Å². The molecule has 0 spiro atoms. The van der Waals surface area contributed by atoms with Gasteiger partial charge in [-0.2, -0.15) is 0 Å². The molecule has 1 fully saturated rings. The highest BCUT2D eigenvalue weighted by Gasteiger charge is 2.54. The predicted molar refractivity (Wildman–Crippen MR) is 67.3 cm³/mol. The Hall–Kier alpha value is -0.950. The fourth-order valence-electron chi connectivity index (χ4n) is 2.34. The van der Waals surface area contributed by atoms with Gasteiger partial charge in [-0.25, -0.2) is 0 Å². The molecule has 0 aromatic heterocycles. The Bertz CT molecular complexity index is 470. The van der Waals surface area contributed by atoms with Gasteiger partial charge in [0.25, 0.3) is 0 Å². The molecule has 1 aliphatic heterocycles. The van der Waals surface area contributed by atoms with Crippen LogP contribution in [0.15, 0.2) is 42.5 Å². The number of aryl methyl sites for hydroxylation is 1. The van der Waals surface area contributed by atoms with Gasteiger partial charge in [-0.15, -0.1) is 11.8 Å². The summed E-state index contributed by atoms with van der Waals surface area (Å²) in [5.74, 6) is 0. The summed E-state index contributed by atoms with van der Waals surface area (Å²) in [5.41, 5.74) is 4.35. The minimum Gasteiger partial charge on any atom is -0.135 e. The van der Waals surface area contributed by atoms with Crippen molar-refractivity contribution < 1.29 is 0 Å². The third kappa shape index (κ3) is 1.23. The number of benzene rings is 1. The fraction of sp³-hybridized carbons (Fsp3) is 0.286. The Morgan fingerprint density at radius 2 is 2.07 bits per heavy atom. The van der Waals surface area contributed by atoms with Crippen molar-refractivity contribution in [2.24, 2.45) is 0 Å². The number of hydrogen-bond donors (Lipinski definition) is 0. The van der Waals surface area contributed by atoms with Crippen LogP contribution in [-0.4, -0.2) is 5.25 Å². The summed E-state index contributed by atoms with van der Waals surface area (Å²) in [5, 5.41) is 0.669. The summed E-state index contributed by atoms with van der Waals surface area (Å²) < 4.78 is 0.269. The lowest BCUT2D eigenvalue weighted by Crippen LogP contribution is -2.11. The molecule has 0 nitrogen and oxygen atoms in total. The second kappa shape index (κ2) is 3.02. The highest BCUT2D eigenvalue weighted by Crippen LogP contribution is 2.64. The van der Waals surface area contributed by atoms with E-state index in [4.69, 9.17) is 0 Å². The molecule has 1 aliphatic carbocycles. The molecule has 0 N–H and O–H groups in total. The maximum absolute atomic E-state index is 2.35. The molecule has 2 aliphatic rings. The topological polar surface area (TPSA) is 0 Å². The van der Waals surface area contributed by atoms with Gasteiger partial charge in [0.1, 0.15) is 0 Å². The molecule has 3 rings (SSSR count). The van der Waals surface area contributed by atoms with Crippen LogP contribution < -0.4 is 0 Å². The molecule has 0 saturated carbocycles. The second-order valence-electron chi connectivity index (χ2n) is 4.32. The maximum Gasteiger partial charge on any atom is 0.0754 e. The van der Waals surface area contributed by atoms with E-state index in [1.807, 2.05) is 11.8 Å².